The molecule has 1 aliphatic carbocycles. The number of alkyl halides is 3. The van der Waals surface area contributed by atoms with Crippen LogP contribution >= 0.6 is 22.9 Å². The lowest BCUT2D eigenvalue weighted by Crippen LogP contribution is -2.27. The number of hydrogen-bond donors (Lipinski definition) is 2. The number of anilines is 2. The lowest BCUT2D eigenvalue weighted by molar-refractivity contribution is -0.137. The topological polar surface area (TPSA) is 58.2 Å². The summed E-state index contributed by atoms with van der Waals surface area (Å²) in [7, 11) is 0. The molecule has 2 N–H and O–H groups in total. The third-order valence-electron chi connectivity index (χ3n) is 6.51. The van der Waals surface area contributed by atoms with Crippen LogP contribution in [-0.4, -0.2) is 11.8 Å². The molecule has 0 saturated heterocycles. The summed E-state index contributed by atoms with van der Waals surface area (Å²) in [5.74, 6) is -0.620. The van der Waals surface area contributed by atoms with Crippen LogP contribution in [0.15, 0.2) is 48.5 Å². The number of hydrogen-bond acceptors (Lipinski definition) is 3. The average molecular weight is 535 g/mol. The van der Waals surface area contributed by atoms with E-state index in [0.29, 0.717) is 22.9 Å². The highest BCUT2D eigenvalue weighted by Crippen LogP contribution is 2.44. The second-order valence-electron chi connectivity index (χ2n) is 9.98. The maximum absolute atomic E-state index is 13.4. The van der Waals surface area contributed by atoms with E-state index in [-0.39, 0.29) is 21.7 Å². The molecule has 0 spiro atoms. The van der Waals surface area contributed by atoms with Gasteiger partial charge in [0.2, 0.25) is 0 Å². The fourth-order valence-electron chi connectivity index (χ4n) is 4.44. The summed E-state index contributed by atoms with van der Waals surface area (Å²) in [5, 5.41) is 6.08. The van der Waals surface area contributed by atoms with Crippen molar-refractivity contribution >= 4 is 45.4 Å². The van der Waals surface area contributed by atoms with Gasteiger partial charge in [-0.15, -0.1) is 11.3 Å². The first-order valence-electron chi connectivity index (χ1n) is 11.5. The lowest BCUT2D eigenvalue weighted by atomic mass is 9.72. The first kappa shape index (κ1) is 26.2. The third kappa shape index (κ3) is 5.60. The first-order valence-corrected chi connectivity index (χ1v) is 12.7. The number of carbonyl (C=O) groups is 2. The van der Waals surface area contributed by atoms with E-state index < -0.39 is 23.6 Å². The van der Waals surface area contributed by atoms with Crippen LogP contribution in [0.2, 0.25) is 5.02 Å². The Hall–Kier alpha value is -2.84. The Morgan fingerprint density at radius 2 is 1.72 bits per heavy atom. The van der Waals surface area contributed by atoms with Gasteiger partial charge >= 0.3 is 6.18 Å². The van der Waals surface area contributed by atoms with Crippen molar-refractivity contribution in [2.24, 2.45) is 11.3 Å². The normalized spacial score (nSPS) is 15.8. The van der Waals surface area contributed by atoms with Gasteiger partial charge in [-0.05, 0) is 66.5 Å². The van der Waals surface area contributed by atoms with Crippen LogP contribution in [0.3, 0.4) is 0 Å². The molecule has 9 heteroatoms. The fraction of sp³-hybridized carbons (Fsp3) is 0.333. The highest BCUT2D eigenvalue weighted by atomic mass is 35.5. The lowest BCUT2D eigenvalue weighted by Gasteiger charge is -2.33. The molecule has 4 rings (SSSR count). The highest BCUT2D eigenvalue weighted by Gasteiger charge is 2.35. The zero-order chi connectivity index (χ0) is 26.3. The van der Waals surface area contributed by atoms with Crippen molar-refractivity contribution in [3.8, 4) is 0 Å². The molecule has 1 heterocycles. The Kier molecular flexibility index (Phi) is 7.21. The molecular weight excluding hydrogens is 509 g/mol. The van der Waals surface area contributed by atoms with Gasteiger partial charge in [0.1, 0.15) is 5.00 Å². The molecule has 2 aromatic carbocycles. The number of thiophene rings is 1. The van der Waals surface area contributed by atoms with Gasteiger partial charge in [-0.25, -0.2) is 0 Å². The molecule has 3 aromatic rings. The van der Waals surface area contributed by atoms with Gasteiger partial charge in [0, 0.05) is 10.6 Å². The van der Waals surface area contributed by atoms with E-state index in [1.807, 2.05) is 0 Å². The SMILES string of the molecule is CC(C)(C)C1CCc2c(sc(NC(=O)c3ccccc3Cl)c2C(=O)Nc2cccc(C(F)(F)F)c2)C1. The molecule has 2 amide bonds. The van der Waals surface area contributed by atoms with Crippen molar-refractivity contribution in [1.82, 2.24) is 0 Å². The van der Waals surface area contributed by atoms with Gasteiger partial charge in [0.25, 0.3) is 11.8 Å². The van der Waals surface area contributed by atoms with Crippen LogP contribution < -0.4 is 10.6 Å². The highest BCUT2D eigenvalue weighted by molar-refractivity contribution is 7.17. The van der Waals surface area contributed by atoms with E-state index >= 15 is 0 Å². The van der Waals surface area contributed by atoms with Crippen molar-refractivity contribution in [1.29, 1.82) is 0 Å². The van der Waals surface area contributed by atoms with E-state index in [1.165, 1.54) is 23.5 Å². The third-order valence-corrected chi connectivity index (χ3v) is 8.01. The molecule has 0 saturated carbocycles. The van der Waals surface area contributed by atoms with E-state index in [1.54, 1.807) is 24.3 Å². The van der Waals surface area contributed by atoms with Crippen LogP contribution in [-0.2, 0) is 19.0 Å². The largest absolute Gasteiger partial charge is 0.416 e. The smallest absolute Gasteiger partial charge is 0.322 e. The van der Waals surface area contributed by atoms with Crippen molar-refractivity contribution < 1.29 is 22.8 Å². The molecule has 36 heavy (non-hydrogen) atoms. The quantitative estimate of drug-likeness (QED) is 0.355. The van der Waals surface area contributed by atoms with Crippen molar-refractivity contribution in [3.63, 3.8) is 0 Å². The van der Waals surface area contributed by atoms with E-state index in [0.717, 1.165) is 35.4 Å². The number of rotatable bonds is 4. The predicted octanol–water partition coefficient (Wildman–Crippen LogP) is 8.08. The summed E-state index contributed by atoms with van der Waals surface area (Å²) in [6.07, 6.45) is -2.26. The molecule has 1 aromatic heterocycles. The molecule has 190 valence electrons. The number of nitrogens with one attached hydrogen (secondary N) is 2. The second kappa shape index (κ2) is 9.90. The molecule has 1 atom stereocenters. The number of halogens is 4. The van der Waals surface area contributed by atoms with Crippen LogP contribution in [0, 0.1) is 11.3 Å². The Morgan fingerprint density at radius 1 is 1.00 bits per heavy atom. The summed E-state index contributed by atoms with van der Waals surface area (Å²) in [4.78, 5) is 27.4. The first-order chi connectivity index (χ1) is 16.8. The van der Waals surface area contributed by atoms with Crippen LogP contribution in [0.4, 0.5) is 23.9 Å². The van der Waals surface area contributed by atoms with Gasteiger partial charge in [-0.3, -0.25) is 9.59 Å². The molecule has 4 nitrogen and oxygen atoms in total. The summed E-state index contributed by atoms with van der Waals surface area (Å²) in [6.45, 7) is 6.53. The van der Waals surface area contributed by atoms with Crippen LogP contribution in [0.1, 0.15) is 63.9 Å². The van der Waals surface area contributed by atoms with Gasteiger partial charge < -0.3 is 10.6 Å². The summed E-state index contributed by atoms with van der Waals surface area (Å²) in [5.41, 5.74) is 0.639. The van der Waals surface area contributed by atoms with E-state index in [9.17, 15) is 22.8 Å². The minimum atomic E-state index is -4.53. The van der Waals surface area contributed by atoms with Crippen molar-refractivity contribution in [2.75, 3.05) is 10.6 Å². The summed E-state index contributed by atoms with van der Waals surface area (Å²) in [6, 6.07) is 11.1. The average Bonchev–Trinajstić information content (AvgIpc) is 3.15. The Morgan fingerprint density at radius 3 is 2.39 bits per heavy atom. The standard InChI is InChI=1S/C27H26ClF3N2O2S/c1-26(2,3)15-11-12-19-21(14-15)36-25(33-23(34)18-9-4-5-10-20(18)28)22(19)24(35)32-17-8-6-7-16(13-17)27(29,30)31/h4-10,13,15H,11-12,14H2,1-3H3,(H,32,35)(H,33,34). The van der Waals surface area contributed by atoms with Gasteiger partial charge in [0.15, 0.2) is 0 Å². The molecule has 0 aliphatic heterocycles. The van der Waals surface area contributed by atoms with E-state index in [4.69, 9.17) is 11.6 Å². The van der Waals surface area contributed by atoms with Crippen LogP contribution in [0.5, 0.6) is 0 Å². The number of carbonyl (C=O) groups excluding carboxylic acids is 2. The number of fused-ring (bicyclic) bond motifs is 1. The van der Waals surface area contributed by atoms with Crippen molar-refractivity contribution in [3.05, 3.63) is 80.7 Å². The Bertz CT molecular complexity index is 1310. The second-order valence-corrected chi connectivity index (χ2v) is 11.5. The van der Waals surface area contributed by atoms with E-state index in [2.05, 4.69) is 31.4 Å². The maximum atomic E-state index is 13.4. The van der Waals surface area contributed by atoms with Gasteiger partial charge in [-0.1, -0.05) is 50.6 Å². The molecule has 0 radical (unpaired) electrons. The van der Waals surface area contributed by atoms with Gasteiger partial charge in [0.05, 0.1) is 21.7 Å². The minimum Gasteiger partial charge on any atom is -0.322 e. The monoisotopic (exact) mass is 534 g/mol. The summed E-state index contributed by atoms with van der Waals surface area (Å²) < 4.78 is 39.5. The predicted molar refractivity (Wildman–Crippen MR) is 138 cm³/mol. The fourth-order valence-corrected chi connectivity index (χ4v) is 5.98. The Labute approximate surface area is 216 Å². The molecule has 0 bridgehead atoms. The number of benzene rings is 2. The number of amides is 2. The molecular formula is C27H26ClF3N2O2S. The molecule has 1 aliphatic rings. The maximum Gasteiger partial charge on any atom is 0.416 e. The summed E-state index contributed by atoms with van der Waals surface area (Å²) >= 11 is 7.53. The van der Waals surface area contributed by atoms with Crippen molar-refractivity contribution in [2.45, 2.75) is 46.2 Å². The molecule has 0 fully saturated rings. The Balaban J connectivity index is 1.70. The minimum absolute atomic E-state index is 0.0292. The zero-order valence-electron chi connectivity index (χ0n) is 20.1. The molecule has 1 unspecified atom stereocenters. The zero-order valence-corrected chi connectivity index (χ0v) is 21.6. The van der Waals surface area contributed by atoms with Gasteiger partial charge in [-0.2, -0.15) is 13.2 Å². The van der Waals surface area contributed by atoms with Crippen LogP contribution in [0.25, 0.3) is 0 Å².